The summed E-state index contributed by atoms with van der Waals surface area (Å²) in [5.41, 5.74) is 1.52. The highest BCUT2D eigenvalue weighted by atomic mass is 16.5. The third-order valence-corrected chi connectivity index (χ3v) is 5.04. The number of aromatic nitrogens is 4. The summed E-state index contributed by atoms with van der Waals surface area (Å²) in [5, 5.41) is 15.9. The summed E-state index contributed by atoms with van der Waals surface area (Å²) >= 11 is 0. The summed E-state index contributed by atoms with van der Waals surface area (Å²) in [6.07, 6.45) is 2.52. The average Bonchev–Trinajstić information content (AvgIpc) is 3.04. The second-order valence-corrected chi connectivity index (χ2v) is 8.30. The van der Waals surface area contributed by atoms with Crippen LogP contribution in [0.1, 0.15) is 43.2 Å². The van der Waals surface area contributed by atoms with Crippen molar-refractivity contribution in [1.82, 2.24) is 25.3 Å². The maximum atomic E-state index is 12.4. The van der Waals surface area contributed by atoms with E-state index >= 15 is 0 Å². The van der Waals surface area contributed by atoms with E-state index in [2.05, 4.69) is 46.3 Å². The highest BCUT2D eigenvalue weighted by Crippen LogP contribution is 2.25. The number of carbonyl (C=O) groups is 1. The van der Waals surface area contributed by atoms with Crippen LogP contribution in [-0.2, 0) is 12.0 Å². The Morgan fingerprint density at radius 2 is 2.11 bits per heavy atom. The number of fused-ring (bicyclic) bond motifs is 1. The van der Waals surface area contributed by atoms with Gasteiger partial charge in [-0.05, 0) is 12.1 Å². The van der Waals surface area contributed by atoms with Crippen LogP contribution in [0.3, 0.4) is 0 Å². The van der Waals surface area contributed by atoms with E-state index in [1.165, 1.54) is 0 Å². The molecule has 8 heteroatoms. The fraction of sp³-hybridized carbons (Fsp3) is 0.579. The Morgan fingerprint density at radius 3 is 2.81 bits per heavy atom. The molecule has 1 saturated heterocycles. The molecule has 27 heavy (non-hydrogen) atoms. The standard InChI is InChI=1S/C19H26N6O2/c1-19(2,3)15-5-6-16(23-22-15)24-11-13(12-24)9-20-17(26)14-10-21-25-7-4-8-27-18(14)25/h5-6,10,13H,4,7-9,11-12H2,1-3H3,(H,20,26). The van der Waals surface area contributed by atoms with Crippen LogP contribution in [0.4, 0.5) is 5.82 Å². The van der Waals surface area contributed by atoms with Gasteiger partial charge in [0.2, 0.25) is 5.88 Å². The van der Waals surface area contributed by atoms with E-state index in [1.807, 2.05) is 12.1 Å². The van der Waals surface area contributed by atoms with E-state index in [0.717, 1.165) is 37.6 Å². The number of nitrogens with one attached hydrogen (secondary N) is 1. The van der Waals surface area contributed by atoms with Gasteiger partial charge in [-0.3, -0.25) is 4.79 Å². The molecule has 0 unspecified atom stereocenters. The van der Waals surface area contributed by atoms with E-state index in [1.54, 1.807) is 10.9 Å². The number of anilines is 1. The molecule has 0 atom stereocenters. The van der Waals surface area contributed by atoms with Gasteiger partial charge >= 0.3 is 0 Å². The molecule has 1 N–H and O–H groups in total. The fourth-order valence-electron chi connectivity index (χ4n) is 3.34. The lowest BCUT2D eigenvalue weighted by molar-refractivity contribution is 0.0938. The third-order valence-electron chi connectivity index (χ3n) is 5.04. The number of hydrogen-bond acceptors (Lipinski definition) is 6. The Morgan fingerprint density at radius 1 is 1.30 bits per heavy atom. The van der Waals surface area contributed by atoms with Gasteiger partial charge in [-0.1, -0.05) is 20.8 Å². The SMILES string of the molecule is CC(C)(C)c1ccc(N2CC(CNC(=O)c3cnn4c3OCCC4)C2)nn1. The zero-order chi connectivity index (χ0) is 19.0. The monoisotopic (exact) mass is 370 g/mol. The molecule has 0 radical (unpaired) electrons. The number of ether oxygens (including phenoxy) is 1. The number of carbonyl (C=O) groups excluding carboxylic acids is 1. The molecule has 2 aromatic rings. The van der Waals surface area contributed by atoms with Crippen molar-refractivity contribution in [3.05, 3.63) is 29.6 Å². The molecule has 8 nitrogen and oxygen atoms in total. The van der Waals surface area contributed by atoms with Gasteiger partial charge < -0.3 is 15.0 Å². The first-order chi connectivity index (χ1) is 12.9. The molecule has 0 aromatic carbocycles. The quantitative estimate of drug-likeness (QED) is 0.880. The topological polar surface area (TPSA) is 85.2 Å². The molecule has 0 spiro atoms. The van der Waals surface area contributed by atoms with E-state index in [9.17, 15) is 4.79 Å². The Bertz CT molecular complexity index is 818. The van der Waals surface area contributed by atoms with E-state index in [0.29, 0.717) is 30.5 Å². The number of rotatable bonds is 4. The summed E-state index contributed by atoms with van der Waals surface area (Å²) in [5.74, 6) is 1.77. The predicted octanol–water partition coefficient (Wildman–Crippen LogP) is 1.62. The molecule has 2 aliphatic heterocycles. The minimum Gasteiger partial charge on any atom is -0.477 e. The molecule has 1 fully saturated rings. The van der Waals surface area contributed by atoms with Gasteiger partial charge in [-0.15, -0.1) is 5.10 Å². The summed E-state index contributed by atoms with van der Waals surface area (Å²) in [7, 11) is 0. The molecule has 144 valence electrons. The van der Waals surface area contributed by atoms with Crippen molar-refractivity contribution in [3.8, 4) is 5.88 Å². The maximum absolute atomic E-state index is 12.4. The van der Waals surface area contributed by atoms with Crippen LogP contribution < -0.4 is 15.0 Å². The summed E-state index contributed by atoms with van der Waals surface area (Å²) in [4.78, 5) is 14.6. The molecule has 0 saturated carbocycles. The molecule has 4 heterocycles. The number of amides is 1. The van der Waals surface area contributed by atoms with Crippen LogP contribution in [-0.4, -0.2) is 52.1 Å². The molecular weight excluding hydrogens is 344 g/mol. The largest absolute Gasteiger partial charge is 0.477 e. The van der Waals surface area contributed by atoms with Crippen molar-refractivity contribution in [2.75, 3.05) is 31.1 Å². The lowest BCUT2D eigenvalue weighted by Crippen LogP contribution is -2.52. The summed E-state index contributed by atoms with van der Waals surface area (Å²) in [6, 6.07) is 4.07. The van der Waals surface area contributed by atoms with Crippen LogP contribution >= 0.6 is 0 Å². The minimum atomic E-state index is -0.120. The summed E-state index contributed by atoms with van der Waals surface area (Å²) in [6.45, 7) is 10.2. The van der Waals surface area contributed by atoms with Gasteiger partial charge in [0.05, 0.1) is 18.5 Å². The fourth-order valence-corrected chi connectivity index (χ4v) is 3.34. The predicted molar refractivity (Wildman–Crippen MR) is 101 cm³/mol. The average molecular weight is 370 g/mol. The number of hydrogen-bond donors (Lipinski definition) is 1. The molecule has 1 amide bonds. The molecule has 4 rings (SSSR count). The lowest BCUT2D eigenvalue weighted by atomic mass is 9.92. The van der Waals surface area contributed by atoms with E-state index in [-0.39, 0.29) is 11.3 Å². The molecule has 0 bridgehead atoms. The second kappa shape index (κ2) is 6.83. The van der Waals surface area contributed by atoms with Crippen LogP contribution in [0.15, 0.2) is 18.3 Å². The van der Waals surface area contributed by atoms with Gasteiger partial charge in [0.1, 0.15) is 5.56 Å². The van der Waals surface area contributed by atoms with E-state index < -0.39 is 0 Å². The Kier molecular flexibility index (Phi) is 4.49. The van der Waals surface area contributed by atoms with Gasteiger partial charge in [0, 0.05) is 43.9 Å². The van der Waals surface area contributed by atoms with Gasteiger partial charge in [-0.25, -0.2) is 4.68 Å². The van der Waals surface area contributed by atoms with Gasteiger partial charge in [0.25, 0.3) is 5.91 Å². The first kappa shape index (κ1) is 17.8. The van der Waals surface area contributed by atoms with Crippen molar-refractivity contribution in [1.29, 1.82) is 0 Å². The highest BCUT2D eigenvalue weighted by Gasteiger charge is 2.29. The normalized spacial score (nSPS) is 17.1. The van der Waals surface area contributed by atoms with Crippen LogP contribution in [0.2, 0.25) is 0 Å². The Labute approximate surface area is 158 Å². The molecule has 0 aliphatic carbocycles. The third kappa shape index (κ3) is 3.61. The van der Waals surface area contributed by atoms with Crippen LogP contribution in [0.5, 0.6) is 5.88 Å². The Hall–Kier alpha value is -2.64. The zero-order valence-corrected chi connectivity index (χ0v) is 16.1. The first-order valence-electron chi connectivity index (χ1n) is 9.48. The smallest absolute Gasteiger partial charge is 0.258 e. The molecule has 2 aromatic heterocycles. The second-order valence-electron chi connectivity index (χ2n) is 8.30. The minimum absolute atomic E-state index is 0.00411. The van der Waals surface area contributed by atoms with Crippen molar-refractivity contribution in [3.63, 3.8) is 0 Å². The maximum Gasteiger partial charge on any atom is 0.258 e. The number of nitrogens with zero attached hydrogens (tertiary/aromatic N) is 5. The van der Waals surface area contributed by atoms with E-state index in [4.69, 9.17) is 4.74 Å². The van der Waals surface area contributed by atoms with Crippen molar-refractivity contribution in [2.45, 2.75) is 39.2 Å². The first-order valence-corrected chi connectivity index (χ1v) is 9.48. The summed E-state index contributed by atoms with van der Waals surface area (Å²) < 4.78 is 7.34. The van der Waals surface area contributed by atoms with Gasteiger partial charge in [-0.2, -0.15) is 10.2 Å². The van der Waals surface area contributed by atoms with Crippen molar-refractivity contribution < 1.29 is 9.53 Å². The van der Waals surface area contributed by atoms with Crippen LogP contribution in [0, 0.1) is 5.92 Å². The molecule has 2 aliphatic rings. The molecular formula is C19H26N6O2. The zero-order valence-electron chi connectivity index (χ0n) is 16.1. The Balaban J connectivity index is 1.27. The van der Waals surface area contributed by atoms with Gasteiger partial charge in [0.15, 0.2) is 5.82 Å². The number of aryl methyl sites for hydroxylation is 1. The van der Waals surface area contributed by atoms with Crippen molar-refractivity contribution in [2.24, 2.45) is 5.92 Å². The van der Waals surface area contributed by atoms with Crippen molar-refractivity contribution >= 4 is 11.7 Å². The van der Waals surface area contributed by atoms with Crippen LogP contribution in [0.25, 0.3) is 0 Å². The lowest BCUT2D eigenvalue weighted by Gasteiger charge is -2.40. The highest BCUT2D eigenvalue weighted by molar-refractivity contribution is 5.96.